The lowest BCUT2D eigenvalue weighted by atomic mass is 9.81. The SMILES string of the molecule is COc1ccc(C=C2c3ccccc3C(=O)c3ccccc32)cc1OCCOc1cc2c(cc1OC)C(=O)N1CCC[C@H]1C=N2. The first-order valence-corrected chi connectivity index (χ1v) is 15.0. The molecule has 2 heterocycles. The third kappa shape index (κ3) is 5.22. The van der Waals surface area contributed by atoms with Crippen LogP contribution in [0.3, 0.4) is 0 Å². The number of ketones is 1. The maximum Gasteiger partial charge on any atom is 0.256 e. The number of amides is 1. The van der Waals surface area contributed by atoms with E-state index in [9.17, 15) is 9.59 Å². The Balaban J connectivity index is 1.11. The lowest BCUT2D eigenvalue weighted by molar-refractivity contribution is 0.0774. The minimum atomic E-state index is -0.0352. The van der Waals surface area contributed by atoms with E-state index in [-0.39, 0.29) is 30.9 Å². The van der Waals surface area contributed by atoms with Crippen LogP contribution < -0.4 is 18.9 Å². The van der Waals surface area contributed by atoms with Crippen LogP contribution in [0.2, 0.25) is 0 Å². The standard InChI is InChI=1S/C37H32N2O6/c1-42-32-14-13-23(18-29-25-9-3-5-11-27(25)36(40)28-12-6-4-10-26(28)29)19-34(32)44-16-17-45-35-21-31-30(20-33(35)43-2)37(41)39-15-7-8-24(39)22-38-31/h3-6,9-14,18-22,24H,7-8,15-17H2,1-2H3/t24-/m0/s1. The van der Waals surface area contributed by atoms with Gasteiger partial charge in [0.1, 0.15) is 13.2 Å². The fourth-order valence-electron chi connectivity index (χ4n) is 6.26. The summed E-state index contributed by atoms with van der Waals surface area (Å²) in [4.78, 5) is 32.8. The van der Waals surface area contributed by atoms with E-state index in [2.05, 4.69) is 11.1 Å². The third-order valence-electron chi connectivity index (χ3n) is 8.48. The molecule has 4 aromatic carbocycles. The first-order chi connectivity index (χ1) is 22.1. The number of aliphatic imine (C=N–C) groups is 1. The van der Waals surface area contributed by atoms with Crippen LogP contribution in [-0.4, -0.2) is 62.8 Å². The topological polar surface area (TPSA) is 86.7 Å². The van der Waals surface area contributed by atoms with E-state index in [4.69, 9.17) is 18.9 Å². The van der Waals surface area contributed by atoms with Crippen LogP contribution in [0.4, 0.5) is 5.69 Å². The van der Waals surface area contributed by atoms with E-state index in [1.165, 1.54) is 0 Å². The predicted molar refractivity (Wildman–Crippen MR) is 172 cm³/mol. The minimum absolute atomic E-state index is 0.0279. The van der Waals surface area contributed by atoms with Gasteiger partial charge in [0, 0.05) is 30.0 Å². The smallest absolute Gasteiger partial charge is 0.256 e. The number of ether oxygens (including phenoxy) is 4. The summed E-state index contributed by atoms with van der Waals surface area (Å²) in [5.41, 5.74) is 6.12. The van der Waals surface area contributed by atoms with E-state index in [0.717, 1.165) is 41.6 Å². The molecule has 8 heteroatoms. The Labute approximate surface area is 261 Å². The van der Waals surface area contributed by atoms with E-state index in [0.29, 0.717) is 45.4 Å². The zero-order valence-electron chi connectivity index (χ0n) is 25.1. The molecule has 0 spiro atoms. The number of nitrogens with zero attached hydrogens (tertiary/aromatic N) is 2. The molecular formula is C37H32N2O6. The highest BCUT2D eigenvalue weighted by molar-refractivity contribution is 6.20. The summed E-state index contributed by atoms with van der Waals surface area (Å²) >= 11 is 0. The van der Waals surface area contributed by atoms with E-state index in [1.54, 1.807) is 26.4 Å². The van der Waals surface area contributed by atoms with Gasteiger partial charge in [-0.3, -0.25) is 14.6 Å². The van der Waals surface area contributed by atoms with Gasteiger partial charge in [0.2, 0.25) is 0 Å². The highest BCUT2D eigenvalue weighted by Gasteiger charge is 2.32. The Morgan fingerprint density at radius 2 is 1.40 bits per heavy atom. The number of methoxy groups -OCH3 is 2. The molecule has 1 fully saturated rings. The molecule has 0 aromatic heterocycles. The normalized spacial score (nSPS) is 16.3. The summed E-state index contributed by atoms with van der Waals surface area (Å²) in [5, 5.41) is 0. The van der Waals surface area contributed by atoms with Crippen molar-refractivity contribution >= 4 is 35.2 Å². The van der Waals surface area contributed by atoms with Gasteiger partial charge >= 0.3 is 0 Å². The zero-order valence-corrected chi connectivity index (χ0v) is 25.1. The number of rotatable bonds is 8. The van der Waals surface area contributed by atoms with Crippen LogP contribution in [-0.2, 0) is 0 Å². The molecule has 1 saturated heterocycles. The van der Waals surface area contributed by atoms with Crippen molar-refractivity contribution in [1.29, 1.82) is 0 Å². The lowest BCUT2D eigenvalue weighted by Gasteiger charge is -2.22. The highest BCUT2D eigenvalue weighted by Crippen LogP contribution is 2.40. The van der Waals surface area contributed by atoms with Crippen LogP contribution >= 0.6 is 0 Å². The highest BCUT2D eigenvalue weighted by atomic mass is 16.5. The molecule has 7 rings (SSSR count). The second-order valence-corrected chi connectivity index (χ2v) is 11.1. The molecule has 0 saturated carbocycles. The summed E-state index contributed by atoms with van der Waals surface area (Å²) in [6, 6.07) is 24.6. The fourth-order valence-corrected chi connectivity index (χ4v) is 6.26. The predicted octanol–water partition coefficient (Wildman–Crippen LogP) is 6.62. The second-order valence-electron chi connectivity index (χ2n) is 11.1. The van der Waals surface area contributed by atoms with Crippen molar-refractivity contribution < 1.29 is 28.5 Å². The quantitative estimate of drug-likeness (QED) is 0.186. The second kappa shape index (κ2) is 12.0. The fraction of sp³-hybridized carbons (Fsp3) is 0.216. The first-order valence-electron chi connectivity index (χ1n) is 15.0. The zero-order chi connectivity index (χ0) is 30.9. The number of carbonyl (C=O) groups is 2. The van der Waals surface area contributed by atoms with Crippen LogP contribution in [0.5, 0.6) is 23.0 Å². The summed E-state index contributed by atoms with van der Waals surface area (Å²) < 4.78 is 23.4. The monoisotopic (exact) mass is 600 g/mol. The summed E-state index contributed by atoms with van der Waals surface area (Å²) in [6.07, 6.45) is 5.82. The Morgan fingerprint density at radius 1 is 0.756 bits per heavy atom. The van der Waals surface area contributed by atoms with E-state index in [1.807, 2.05) is 77.8 Å². The van der Waals surface area contributed by atoms with Gasteiger partial charge in [-0.2, -0.15) is 0 Å². The van der Waals surface area contributed by atoms with Crippen molar-refractivity contribution in [3.8, 4) is 23.0 Å². The van der Waals surface area contributed by atoms with Crippen LogP contribution in [0.1, 0.15) is 55.8 Å². The van der Waals surface area contributed by atoms with Gasteiger partial charge < -0.3 is 23.8 Å². The molecule has 0 N–H and O–H groups in total. The molecule has 1 amide bonds. The van der Waals surface area contributed by atoms with E-state index >= 15 is 0 Å². The van der Waals surface area contributed by atoms with Gasteiger partial charge in [0.25, 0.3) is 5.91 Å². The molecule has 0 bridgehead atoms. The van der Waals surface area contributed by atoms with Crippen molar-refractivity contribution in [3.05, 3.63) is 112 Å². The maximum absolute atomic E-state index is 13.2. The number of benzene rings is 4. The van der Waals surface area contributed by atoms with Crippen molar-refractivity contribution in [2.24, 2.45) is 4.99 Å². The minimum Gasteiger partial charge on any atom is -0.493 e. The molecule has 226 valence electrons. The average molecular weight is 601 g/mol. The summed E-state index contributed by atoms with van der Waals surface area (Å²) in [6.45, 7) is 1.18. The molecule has 4 aromatic rings. The maximum atomic E-state index is 13.2. The van der Waals surface area contributed by atoms with Crippen LogP contribution in [0.15, 0.2) is 83.9 Å². The lowest BCUT2D eigenvalue weighted by Crippen LogP contribution is -2.35. The summed E-state index contributed by atoms with van der Waals surface area (Å²) in [7, 11) is 3.15. The van der Waals surface area contributed by atoms with Crippen molar-refractivity contribution in [2.45, 2.75) is 18.9 Å². The third-order valence-corrected chi connectivity index (χ3v) is 8.48. The molecule has 0 unspecified atom stereocenters. The Bertz CT molecular complexity index is 1830. The van der Waals surface area contributed by atoms with Crippen molar-refractivity contribution in [3.63, 3.8) is 0 Å². The Kier molecular flexibility index (Phi) is 7.55. The van der Waals surface area contributed by atoms with Gasteiger partial charge in [0.05, 0.1) is 31.5 Å². The molecule has 8 nitrogen and oxygen atoms in total. The average Bonchev–Trinajstić information content (AvgIpc) is 3.51. The van der Waals surface area contributed by atoms with E-state index < -0.39 is 0 Å². The van der Waals surface area contributed by atoms with Gasteiger partial charge in [-0.1, -0.05) is 54.6 Å². The molecule has 0 radical (unpaired) electrons. The molecular weight excluding hydrogens is 568 g/mol. The van der Waals surface area contributed by atoms with Gasteiger partial charge in [-0.25, -0.2) is 0 Å². The number of hydrogen-bond donors (Lipinski definition) is 0. The van der Waals surface area contributed by atoms with Crippen LogP contribution in [0, 0.1) is 0 Å². The van der Waals surface area contributed by atoms with Crippen molar-refractivity contribution in [1.82, 2.24) is 4.90 Å². The van der Waals surface area contributed by atoms with Gasteiger partial charge in [-0.05, 0) is 59.4 Å². The van der Waals surface area contributed by atoms with Crippen LogP contribution in [0.25, 0.3) is 11.6 Å². The molecule has 2 aliphatic heterocycles. The summed E-state index contributed by atoms with van der Waals surface area (Å²) in [5.74, 6) is 2.10. The number of fused-ring (bicyclic) bond motifs is 4. The largest absolute Gasteiger partial charge is 0.493 e. The molecule has 45 heavy (non-hydrogen) atoms. The van der Waals surface area contributed by atoms with Crippen molar-refractivity contribution in [2.75, 3.05) is 34.0 Å². The molecule has 3 aliphatic rings. The number of carbonyl (C=O) groups excluding carboxylic acids is 2. The molecule has 1 aliphatic carbocycles. The first kappa shape index (κ1) is 28.4. The van der Waals surface area contributed by atoms with Gasteiger partial charge in [0.15, 0.2) is 28.8 Å². The Hall–Kier alpha value is -5.37. The number of hydrogen-bond acceptors (Lipinski definition) is 7. The molecule has 1 atom stereocenters. The van der Waals surface area contributed by atoms with Gasteiger partial charge in [-0.15, -0.1) is 0 Å². The Morgan fingerprint density at radius 3 is 2.07 bits per heavy atom.